The fourth-order valence-corrected chi connectivity index (χ4v) is 7.42. The summed E-state index contributed by atoms with van der Waals surface area (Å²) in [5.41, 5.74) is -1.69. The van der Waals surface area contributed by atoms with E-state index in [4.69, 9.17) is 4.74 Å². The monoisotopic (exact) mass is 645 g/mol. The van der Waals surface area contributed by atoms with E-state index in [2.05, 4.69) is 0 Å². The molecule has 0 aromatic heterocycles. The average molecular weight is 646 g/mol. The Bertz CT molecular complexity index is 1780. The molecule has 0 aliphatic rings. The van der Waals surface area contributed by atoms with Crippen LogP contribution < -0.4 is 4.74 Å². The number of halogens is 7. The number of alkyl halides is 3. The Morgan fingerprint density at radius 1 is 0.682 bits per heavy atom. The summed E-state index contributed by atoms with van der Waals surface area (Å²) in [6, 6.07) is 27.4. The van der Waals surface area contributed by atoms with Crippen molar-refractivity contribution in [2.24, 2.45) is 0 Å². The summed E-state index contributed by atoms with van der Waals surface area (Å²) in [5, 5.41) is 0. The van der Waals surface area contributed by atoms with Gasteiger partial charge in [0.25, 0.3) is 0 Å². The summed E-state index contributed by atoms with van der Waals surface area (Å²) in [5.74, 6) is -9.14. The third-order valence-electron chi connectivity index (χ3n) is 6.46. The van der Waals surface area contributed by atoms with Gasteiger partial charge >= 0.3 is 6.18 Å². The highest BCUT2D eigenvalue weighted by Crippen LogP contribution is 2.43. The van der Waals surface area contributed by atoms with Gasteiger partial charge in [-0.3, -0.25) is 4.79 Å². The predicted octanol–water partition coefficient (Wildman–Crippen LogP) is 9.75. The summed E-state index contributed by atoms with van der Waals surface area (Å²) in [4.78, 5) is 13.5. The van der Waals surface area contributed by atoms with Crippen molar-refractivity contribution >= 4 is 28.4 Å². The average Bonchev–Trinajstić information content (AvgIpc) is 3.02. The number of ketones is 1. The number of hydrogen-bond donors (Lipinski definition) is 0. The topological polar surface area (TPSA) is 26.3 Å². The molecule has 2 nitrogen and oxygen atoms in total. The molecule has 0 aliphatic heterocycles. The van der Waals surface area contributed by atoms with Crippen molar-refractivity contribution in [2.45, 2.75) is 30.7 Å². The van der Waals surface area contributed by atoms with Gasteiger partial charge in [-0.25, -0.2) is 8.78 Å². The molecule has 0 heterocycles. The van der Waals surface area contributed by atoms with Crippen LogP contribution in [0.2, 0.25) is 0 Å². The van der Waals surface area contributed by atoms with Gasteiger partial charge in [-0.15, -0.1) is 0 Å². The first-order chi connectivity index (χ1) is 21.0. The minimum Gasteiger partial charge on any atom is -0.497 e. The Morgan fingerprint density at radius 3 is 1.75 bits per heavy atom. The van der Waals surface area contributed by atoms with Crippen LogP contribution in [0, 0.1) is 23.3 Å². The van der Waals surface area contributed by atoms with Crippen molar-refractivity contribution in [3.63, 3.8) is 0 Å². The third-order valence-corrected chi connectivity index (χ3v) is 9.80. The number of carbonyl (C=O) groups excluding carboxylic acids is 1. The van der Waals surface area contributed by atoms with Gasteiger partial charge in [0.1, 0.15) is 22.2 Å². The zero-order valence-corrected chi connectivity index (χ0v) is 24.2. The molecule has 0 saturated heterocycles. The van der Waals surface area contributed by atoms with E-state index in [-0.39, 0.29) is 15.6 Å². The Labute approximate surface area is 254 Å². The van der Waals surface area contributed by atoms with Crippen molar-refractivity contribution in [1.82, 2.24) is 0 Å². The standard InChI is InChI=1S/C33H20F7O2S2/c1-42-20-11-15-22(16-12-20)44(32-29(36)27(34)26(33(38,39)40)28(35)30(32)37)23-17-13-21(14-18-23)43-25-10-6-5-9-24(25)31(41)19-7-3-2-4-8-19/h2-18H,1H3/q+1. The van der Waals surface area contributed by atoms with Crippen molar-refractivity contribution in [2.75, 3.05) is 7.11 Å². The molecule has 0 radical (unpaired) electrons. The van der Waals surface area contributed by atoms with E-state index in [0.29, 0.717) is 26.7 Å². The van der Waals surface area contributed by atoms with Crippen LogP contribution in [0.5, 0.6) is 5.75 Å². The summed E-state index contributed by atoms with van der Waals surface area (Å²) < 4.78 is 105. The first-order valence-electron chi connectivity index (χ1n) is 12.8. The van der Waals surface area contributed by atoms with Crippen molar-refractivity contribution < 1.29 is 40.3 Å². The molecule has 0 aliphatic carbocycles. The zero-order chi connectivity index (χ0) is 31.6. The Hall–Kier alpha value is -4.22. The minimum atomic E-state index is -5.66. The van der Waals surface area contributed by atoms with Crippen molar-refractivity contribution in [3.8, 4) is 5.75 Å². The lowest BCUT2D eigenvalue weighted by Crippen LogP contribution is -2.19. The highest BCUT2D eigenvalue weighted by molar-refractivity contribution is 7.99. The zero-order valence-electron chi connectivity index (χ0n) is 22.6. The molecule has 0 N–H and O–H groups in total. The van der Waals surface area contributed by atoms with E-state index in [1.807, 2.05) is 0 Å². The number of hydrogen-bond acceptors (Lipinski definition) is 3. The molecule has 11 heteroatoms. The van der Waals surface area contributed by atoms with E-state index < -0.39 is 50.8 Å². The summed E-state index contributed by atoms with van der Waals surface area (Å²) in [6.45, 7) is 0. The Morgan fingerprint density at radius 2 is 1.20 bits per heavy atom. The first kappa shape index (κ1) is 31.2. The van der Waals surface area contributed by atoms with Crippen LogP contribution in [-0.4, -0.2) is 12.9 Å². The second kappa shape index (κ2) is 12.8. The van der Waals surface area contributed by atoms with Crippen LogP contribution in [0.15, 0.2) is 128 Å². The van der Waals surface area contributed by atoms with E-state index >= 15 is 8.78 Å². The highest BCUT2D eigenvalue weighted by Gasteiger charge is 2.47. The Balaban J connectivity index is 1.57. The van der Waals surface area contributed by atoms with Gasteiger partial charge in [-0.05, 0) is 60.7 Å². The van der Waals surface area contributed by atoms with Crippen molar-refractivity contribution in [1.29, 1.82) is 0 Å². The molecular formula is C33H20F7O2S2+. The molecule has 5 aromatic rings. The molecule has 0 amide bonds. The van der Waals surface area contributed by atoms with E-state index in [0.717, 1.165) is 0 Å². The SMILES string of the molecule is COc1ccc([S+](c2ccc(Sc3ccccc3C(=O)c3ccccc3)cc2)c2c(F)c(F)c(C(F)(F)F)c(F)c2F)cc1. The summed E-state index contributed by atoms with van der Waals surface area (Å²) >= 11 is 1.24. The third kappa shape index (κ3) is 6.20. The van der Waals surface area contributed by atoms with Crippen LogP contribution in [0.1, 0.15) is 21.5 Å². The maximum Gasteiger partial charge on any atom is 0.422 e. The van der Waals surface area contributed by atoms with Gasteiger partial charge in [0.2, 0.25) is 16.5 Å². The van der Waals surface area contributed by atoms with Crippen LogP contribution in [0.4, 0.5) is 30.7 Å². The highest BCUT2D eigenvalue weighted by atomic mass is 32.2. The van der Waals surface area contributed by atoms with E-state index in [1.54, 1.807) is 66.7 Å². The minimum absolute atomic E-state index is 0.168. The van der Waals surface area contributed by atoms with Gasteiger partial charge in [0.15, 0.2) is 27.2 Å². The molecule has 0 saturated carbocycles. The maximum absolute atomic E-state index is 15.3. The number of rotatable bonds is 8. The van der Waals surface area contributed by atoms with Gasteiger partial charge in [0, 0.05) is 20.9 Å². The number of ether oxygens (including phenoxy) is 1. The van der Waals surface area contributed by atoms with E-state index in [1.165, 1.54) is 55.3 Å². The fourth-order valence-electron chi connectivity index (χ4n) is 4.38. The van der Waals surface area contributed by atoms with Crippen LogP contribution in [0.25, 0.3) is 0 Å². The van der Waals surface area contributed by atoms with Crippen LogP contribution in [-0.2, 0) is 17.1 Å². The van der Waals surface area contributed by atoms with Crippen molar-refractivity contribution in [3.05, 3.63) is 143 Å². The molecule has 5 aromatic carbocycles. The van der Waals surface area contributed by atoms with Gasteiger partial charge in [-0.1, -0.05) is 54.2 Å². The molecule has 1 unspecified atom stereocenters. The lowest BCUT2D eigenvalue weighted by molar-refractivity contribution is -0.143. The summed E-state index contributed by atoms with van der Waals surface area (Å²) in [6.07, 6.45) is -5.66. The van der Waals surface area contributed by atoms with Gasteiger partial charge in [0.05, 0.1) is 7.11 Å². The lowest BCUT2D eigenvalue weighted by atomic mass is 10.0. The molecule has 0 spiro atoms. The molecule has 0 fully saturated rings. The van der Waals surface area contributed by atoms with E-state index in [9.17, 15) is 26.7 Å². The second-order valence-electron chi connectivity index (χ2n) is 9.20. The predicted molar refractivity (Wildman–Crippen MR) is 153 cm³/mol. The molecule has 1 atom stereocenters. The van der Waals surface area contributed by atoms with Gasteiger partial charge < -0.3 is 4.74 Å². The van der Waals surface area contributed by atoms with Crippen LogP contribution in [0.3, 0.4) is 0 Å². The molecule has 0 bridgehead atoms. The number of carbonyl (C=O) groups is 1. The largest absolute Gasteiger partial charge is 0.497 e. The number of benzene rings is 5. The lowest BCUT2D eigenvalue weighted by Gasteiger charge is -2.15. The molecule has 224 valence electrons. The number of methoxy groups -OCH3 is 1. The fraction of sp³-hybridized carbons (Fsp3) is 0.0606. The second-order valence-corrected chi connectivity index (χ2v) is 12.3. The Kier molecular flexibility index (Phi) is 9.07. The maximum atomic E-state index is 15.3. The molecular weight excluding hydrogens is 625 g/mol. The quantitative estimate of drug-likeness (QED) is 0.0728. The van der Waals surface area contributed by atoms with Crippen LogP contribution >= 0.6 is 11.8 Å². The first-order valence-corrected chi connectivity index (χ1v) is 14.8. The molecule has 5 rings (SSSR count). The van der Waals surface area contributed by atoms with Gasteiger partial charge in [-0.2, -0.15) is 22.0 Å². The summed E-state index contributed by atoms with van der Waals surface area (Å²) in [7, 11) is -0.526. The molecule has 44 heavy (non-hydrogen) atoms. The normalized spacial score (nSPS) is 12.2. The smallest absolute Gasteiger partial charge is 0.422 e.